The number of carboxylic acid groups (broad SMARTS) is 1. The van der Waals surface area contributed by atoms with Crippen molar-refractivity contribution in [3.8, 4) is 0 Å². The topological polar surface area (TPSA) is 81.7 Å². The number of carbonyl (C=O) groups excluding carboxylic acids is 1. The van der Waals surface area contributed by atoms with E-state index >= 15 is 0 Å². The molecule has 1 heterocycles. The molecule has 1 aromatic carbocycles. The lowest BCUT2D eigenvalue weighted by Crippen LogP contribution is -2.50. The third-order valence-corrected chi connectivity index (χ3v) is 3.31. The molecule has 1 aromatic rings. The van der Waals surface area contributed by atoms with Crippen LogP contribution in [-0.4, -0.2) is 41.3 Å². The number of nitrogens with zero attached hydrogens (tertiary/aromatic N) is 1. The van der Waals surface area contributed by atoms with E-state index in [9.17, 15) is 9.59 Å². The molecule has 20 heavy (non-hydrogen) atoms. The number of rotatable bonds is 2. The Kier molecular flexibility index (Phi) is 4.45. The number of urea groups is 1. The van der Waals surface area contributed by atoms with Crippen LogP contribution in [0.4, 0.5) is 15.3 Å². The molecule has 0 saturated carbocycles. The van der Waals surface area contributed by atoms with Gasteiger partial charge < -0.3 is 20.6 Å². The van der Waals surface area contributed by atoms with Crippen LogP contribution in [0.1, 0.15) is 18.4 Å². The van der Waals surface area contributed by atoms with Crippen LogP contribution in [0.15, 0.2) is 24.3 Å². The van der Waals surface area contributed by atoms with Gasteiger partial charge in [-0.2, -0.15) is 0 Å². The Bertz CT molecular complexity index is 504. The van der Waals surface area contributed by atoms with Gasteiger partial charge in [-0.05, 0) is 37.5 Å². The molecule has 0 aliphatic carbocycles. The minimum atomic E-state index is -1.05. The molecule has 0 bridgehead atoms. The maximum Gasteiger partial charge on any atom is 0.404 e. The predicted octanol–water partition coefficient (Wildman–Crippen LogP) is 2.26. The van der Waals surface area contributed by atoms with Gasteiger partial charge in [0.05, 0.1) is 0 Å². The first-order valence-electron chi connectivity index (χ1n) is 6.66. The van der Waals surface area contributed by atoms with E-state index < -0.39 is 6.09 Å². The normalized spacial score (nSPS) is 18.4. The average Bonchev–Trinajstić information content (AvgIpc) is 2.38. The van der Waals surface area contributed by atoms with E-state index in [0.29, 0.717) is 13.1 Å². The number of hydrogen-bond donors (Lipinski definition) is 3. The van der Waals surface area contributed by atoms with Crippen molar-refractivity contribution in [2.75, 3.05) is 18.4 Å². The highest BCUT2D eigenvalue weighted by atomic mass is 16.4. The summed E-state index contributed by atoms with van der Waals surface area (Å²) in [6.45, 7) is 3.02. The molecule has 2 rings (SSSR count). The predicted molar refractivity (Wildman–Crippen MR) is 76.0 cm³/mol. The third-order valence-electron chi connectivity index (χ3n) is 3.31. The standard InChI is InChI=1S/C14H19N3O3/c1-10-4-2-5-11(8-10)15-13(18)17-7-3-6-12(9-17)16-14(19)20/h2,4-5,8,12,16H,3,6-7,9H2,1H3,(H,15,18)(H,19,20). The number of carbonyl (C=O) groups is 2. The monoisotopic (exact) mass is 277 g/mol. The molecule has 6 heteroatoms. The molecule has 0 aromatic heterocycles. The lowest BCUT2D eigenvalue weighted by Gasteiger charge is -2.32. The van der Waals surface area contributed by atoms with Gasteiger partial charge in [0.15, 0.2) is 0 Å². The van der Waals surface area contributed by atoms with Crippen molar-refractivity contribution in [3.63, 3.8) is 0 Å². The molecule has 1 aliphatic rings. The van der Waals surface area contributed by atoms with Crippen molar-refractivity contribution < 1.29 is 14.7 Å². The minimum Gasteiger partial charge on any atom is -0.465 e. The van der Waals surface area contributed by atoms with Gasteiger partial charge in [0.2, 0.25) is 0 Å². The van der Waals surface area contributed by atoms with E-state index in [0.717, 1.165) is 24.1 Å². The molecule has 1 fully saturated rings. The Hall–Kier alpha value is -2.24. The molecule has 1 unspecified atom stereocenters. The molecule has 0 radical (unpaired) electrons. The Labute approximate surface area is 117 Å². The first-order chi connectivity index (χ1) is 9.54. The van der Waals surface area contributed by atoms with Crippen LogP contribution >= 0.6 is 0 Å². The second-order valence-electron chi connectivity index (χ2n) is 5.03. The van der Waals surface area contributed by atoms with Crippen LogP contribution in [-0.2, 0) is 0 Å². The van der Waals surface area contributed by atoms with Gasteiger partial charge in [-0.15, -0.1) is 0 Å². The number of nitrogens with one attached hydrogen (secondary N) is 2. The number of amides is 3. The fourth-order valence-corrected chi connectivity index (χ4v) is 2.38. The molecule has 1 atom stereocenters. The van der Waals surface area contributed by atoms with Crippen molar-refractivity contribution >= 4 is 17.8 Å². The summed E-state index contributed by atoms with van der Waals surface area (Å²) in [4.78, 5) is 24.4. The third kappa shape index (κ3) is 3.88. The van der Waals surface area contributed by atoms with Crippen molar-refractivity contribution in [1.29, 1.82) is 0 Å². The minimum absolute atomic E-state index is 0.188. The molecule has 1 aliphatic heterocycles. The molecule has 3 N–H and O–H groups in total. The maximum absolute atomic E-state index is 12.1. The van der Waals surface area contributed by atoms with Crippen LogP contribution in [0.2, 0.25) is 0 Å². The Balaban J connectivity index is 1.93. The summed E-state index contributed by atoms with van der Waals surface area (Å²) in [5, 5.41) is 14.0. The van der Waals surface area contributed by atoms with Crippen molar-refractivity contribution in [2.45, 2.75) is 25.8 Å². The summed E-state index contributed by atoms with van der Waals surface area (Å²) in [5.74, 6) is 0. The summed E-state index contributed by atoms with van der Waals surface area (Å²) >= 11 is 0. The summed E-state index contributed by atoms with van der Waals surface area (Å²) in [6.07, 6.45) is 0.517. The molecule has 6 nitrogen and oxygen atoms in total. The van der Waals surface area contributed by atoms with Gasteiger partial charge >= 0.3 is 12.1 Å². The second kappa shape index (κ2) is 6.27. The summed E-state index contributed by atoms with van der Waals surface area (Å²) in [7, 11) is 0. The molecule has 0 spiro atoms. The van der Waals surface area contributed by atoms with Crippen molar-refractivity contribution in [1.82, 2.24) is 10.2 Å². The fourth-order valence-electron chi connectivity index (χ4n) is 2.38. The SMILES string of the molecule is Cc1cccc(NC(=O)N2CCCC(NC(=O)O)C2)c1. The van der Waals surface area contributed by atoms with Crippen molar-refractivity contribution in [3.05, 3.63) is 29.8 Å². The van der Waals surface area contributed by atoms with Crippen LogP contribution in [0.3, 0.4) is 0 Å². The number of hydrogen-bond acceptors (Lipinski definition) is 2. The number of anilines is 1. The molecular formula is C14H19N3O3. The van der Waals surface area contributed by atoms with E-state index in [2.05, 4.69) is 10.6 Å². The van der Waals surface area contributed by atoms with E-state index in [4.69, 9.17) is 5.11 Å². The number of likely N-dealkylation sites (tertiary alicyclic amines) is 1. The van der Waals surface area contributed by atoms with E-state index in [-0.39, 0.29) is 12.1 Å². The summed E-state index contributed by atoms with van der Waals surface area (Å²) < 4.78 is 0. The van der Waals surface area contributed by atoms with E-state index in [1.807, 2.05) is 31.2 Å². The van der Waals surface area contributed by atoms with Crippen molar-refractivity contribution in [2.24, 2.45) is 0 Å². The van der Waals surface area contributed by atoms with Crippen LogP contribution in [0, 0.1) is 6.92 Å². The average molecular weight is 277 g/mol. The quantitative estimate of drug-likeness (QED) is 0.775. The van der Waals surface area contributed by atoms with Gasteiger partial charge in [-0.1, -0.05) is 12.1 Å². The molecular weight excluding hydrogens is 258 g/mol. The van der Waals surface area contributed by atoms with Gasteiger partial charge in [-0.3, -0.25) is 0 Å². The lowest BCUT2D eigenvalue weighted by molar-refractivity contribution is 0.166. The highest BCUT2D eigenvalue weighted by Gasteiger charge is 2.24. The van der Waals surface area contributed by atoms with E-state index in [1.54, 1.807) is 4.90 Å². The fraction of sp³-hybridized carbons (Fsp3) is 0.429. The van der Waals surface area contributed by atoms with Crippen LogP contribution in [0.25, 0.3) is 0 Å². The van der Waals surface area contributed by atoms with Crippen LogP contribution in [0.5, 0.6) is 0 Å². The van der Waals surface area contributed by atoms with Gasteiger partial charge in [0, 0.05) is 24.8 Å². The largest absolute Gasteiger partial charge is 0.465 e. The number of benzene rings is 1. The molecule has 108 valence electrons. The zero-order chi connectivity index (χ0) is 14.5. The Morgan fingerprint density at radius 1 is 1.40 bits per heavy atom. The maximum atomic E-state index is 12.1. The smallest absolute Gasteiger partial charge is 0.404 e. The Morgan fingerprint density at radius 2 is 2.20 bits per heavy atom. The van der Waals surface area contributed by atoms with Gasteiger partial charge in [0.1, 0.15) is 0 Å². The Morgan fingerprint density at radius 3 is 2.90 bits per heavy atom. The molecule has 3 amide bonds. The van der Waals surface area contributed by atoms with E-state index in [1.165, 1.54) is 0 Å². The van der Waals surface area contributed by atoms with Gasteiger partial charge in [-0.25, -0.2) is 9.59 Å². The number of piperidine rings is 1. The van der Waals surface area contributed by atoms with Gasteiger partial charge in [0.25, 0.3) is 0 Å². The zero-order valence-corrected chi connectivity index (χ0v) is 11.4. The zero-order valence-electron chi connectivity index (χ0n) is 11.4. The summed E-state index contributed by atoms with van der Waals surface area (Å²) in [6, 6.07) is 7.20. The summed E-state index contributed by atoms with van der Waals surface area (Å²) in [5.41, 5.74) is 1.83. The van der Waals surface area contributed by atoms with Crippen LogP contribution < -0.4 is 10.6 Å². The highest BCUT2D eigenvalue weighted by Crippen LogP contribution is 2.14. The number of aryl methyl sites for hydroxylation is 1. The first kappa shape index (κ1) is 14.2. The second-order valence-corrected chi connectivity index (χ2v) is 5.03. The molecule has 1 saturated heterocycles. The first-order valence-corrected chi connectivity index (χ1v) is 6.66. The highest BCUT2D eigenvalue weighted by molar-refractivity contribution is 5.89. The lowest BCUT2D eigenvalue weighted by atomic mass is 10.1.